The Kier molecular flexibility index (Phi) is 2.74. The second-order valence-corrected chi connectivity index (χ2v) is 4.11. The summed E-state index contributed by atoms with van der Waals surface area (Å²) in [4.78, 5) is 4.63. The Labute approximate surface area is 81.2 Å². The normalized spacial score (nSPS) is 11.0. The van der Waals surface area contributed by atoms with Gasteiger partial charge in [-0.3, -0.25) is 4.98 Å². The van der Waals surface area contributed by atoms with E-state index in [2.05, 4.69) is 46.5 Å². The summed E-state index contributed by atoms with van der Waals surface area (Å²) in [5.41, 5.74) is 6.52. The van der Waals surface area contributed by atoms with Crippen molar-refractivity contribution in [2.24, 2.45) is 0 Å². The van der Waals surface area contributed by atoms with E-state index in [0.29, 0.717) is 5.92 Å². The van der Waals surface area contributed by atoms with E-state index in [4.69, 9.17) is 0 Å². The Morgan fingerprint density at radius 2 is 1.38 bits per heavy atom. The first kappa shape index (κ1) is 10.2. The van der Waals surface area contributed by atoms with E-state index < -0.39 is 0 Å². The maximum absolute atomic E-state index is 4.63. The maximum Gasteiger partial charge on any atom is 0.0464 e. The largest absolute Gasteiger partial charge is 0.257 e. The summed E-state index contributed by atoms with van der Waals surface area (Å²) < 4.78 is 0. The molecule has 0 saturated carbocycles. The summed E-state index contributed by atoms with van der Waals surface area (Å²) in [7, 11) is 0. The van der Waals surface area contributed by atoms with Crippen molar-refractivity contribution in [3.63, 3.8) is 0 Å². The van der Waals surface area contributed by atoms with Gasteiger partial charge in [0.15, 0.2) is 0 Å². The Morgan fingerprint density at radius 1 is 0.846 bits per heavy atom. The molecule has 1 rings (SSSR count). The lowest BCUT2D eigenvalue weighted by molar-refractivity contribution is 0.796. The molecule has 0 radical (unpaired) electrons. The molecular weight excluding hydrogens is 158 g/mol. The Hall–Kier alpha value is -0.850. The first-order chi connectivity index (χ1) is 5.95. The van der Waals surface area contributed by atoms with E-state index in [-0.39, 0.29) is 0 Å². The van der Waals surface area contributed by atoms with Crippen molar-refractivity contribution < 1.29 is 0 Å². The van der Waals surface area contributed by atoms with Gasteiger partial charge in [0, 0.05) is 11.4 Å². The standard InChI is InChI=1S/C12H19N/c1-7(2)12-10(5)8(3)9(4)11(6)13-12/h7H,1-6H3. The molecule has 0 fully saturated rings. The van der Waals surface area contributed by atoms with E-state index in [1.54, 1.807) is 0 Å². The van der Waals surface area contributed by atoms with Crippen LogP contribution in [0.4, 0.5) is 0 Å². The number of hydrogen-bond donors (Lipinski definition) is 0. The van der Waals surface area contributed by atoms with E-state index in [9.17, 15) is 0 Å². The summed E-state index contributed by atoms with van der Waals surface area (Å²) in [5, 5.41) is 0. The van der Waals surface area contributed by atoms with Gasteiger partial charge in [-0.15, -0.1) is 0 Å². The number of aromatic nitrogens is 1. The molecule has 0 unspecified atom stereocenters. The van der Waals surface area contributed by atoms with Crippen LogP contribution in [0.15, 0.2) is 0 Å². The van der Waals surface area contributed by atoms with Gasteiger partial charge in [0.05, 0.1) is 0 Å². The van der Waals surface area contributed by atoms with E-state index >= 15 is 0 Å². The minimum absolute atomic E-state index is 0.526. The van der Waals surface area contributed by atoms with Gasteiger partial charge in [-0.25, -0.2) is 0 Å². The predicted octanol–water partition coefficient (Wildman–Crippen LogP) is 3.44. The quantitative estimate of drug-likeness (QED) is 0.640. The molecule has 0 saturated heterocycles. The molecule has 1 nitrogen and oxygen atoms in total. The highest BCUT2D eigenvalue weighted by atomic mass is 14.7. The van der Waals surface area contributed by atoms with Crippen LogP contribution >= 0.6 is 0 Å². The molecule has 13 heavy (non-hydrogen) atoms. The monoisotopic (exact) mass is 177 g/mol. The lowest BCUT2D eigenvalue weighted by Gasteiger charge is -2.15. The van der Waals surface area contributed by atoms with Crippen LogP contribution in [-0.4, -0.2) is 4.98 Å². The number of rotatable bonds is 1. The molecule has 1 heteroatoms. The molecule has 0 bridgehead atoms. The summed E-state index contributed by atoms with van der Waals surface area (Å²) in [6.45, 7) is 13.0. The molecule has 0 atom stereocenters. The van der Waals surface area contributed by atoms with Gasteiger partial charge in [0.25, 0.3) is 0 Å². The number of nitrogens with zero attached hydrogens (tertiary/aromatic N) is 1. The molecule has 1 heterocycles. The first-order valence-corrected chi connectivity index (χ1v) is 4.89. The molecule has 0 aliphatic carbocycles. The van der Waals surface area contributed by atoms with Gasteiger partial charge in [-0.05, 0) is 50.3 Å². The predicted molar refractivity (Wildman–Crippen MR) is 57.3 cm³/mol. The van der Waals surface area contributed by atoms with Gasteiger partial charge in [0.1, 0.15) is 0 Å². The van der Waals surface area contributed by atoms with Crippen LogP contribution in [0.2, 0.25) is 0 Å². The van der Waals surface area contributed by atoms with Crippen LogP contribution in [-0.2, 0) is 0 Å². The zero-order valence-electron chi connectivity index (χ0n) is 9.52. The summed E-state index contributed by atoms with van der Waals surface area (Å²) in [6, 6.07) is 0. The van der Waals surface area contributed by atoms with Crippen molar-refractivity contribution in [3.8, 4) is 0 Å². The molecular formula is C12H19N. The molecule has 0 aliphatic rings. The smallest absolute Gasteiger partial charge is 0.0464 e. The van der Waals surface area contributed by atoms with Gasteiger partial charge in [-0.1, -0.05) is 13.8 Å². The minimum Gasteiger partial charge on any atom is -0.257 e. The van der Waals surface area contributed by atoms with Crippen molar-refractivity contribution in [2.45, 2.75) is 47.5 Å². The highest BCUT2D eigenvalue weighted by molar-refractivity contribution is 5.38. The third-order valence-corrected chi connectivity index (χ3v) is 2.89. The highest BCUT2D eigenvalue weighted by Crippen LogP contribution is 2.23. The molecule has 1 aromatic rings. The second kappa shape index (κ2) is 3.49. The third-order valence-electron chi connectivity index (χ3n) is 2.89. The van der Waals surface area contributed by atoms with E-state index in [0.717, 1.165) is 0 Å². The van der Waals surface area contributed by atoms with Crippen LogP contribution < -0.4 is 0 Å². The molecule has 0 aliphatic heterocycles. The van der Waals surface area contributed by atoms with E-state index in [1.807, 2.05) is 0 Å². The number of aryl methyl sites for hydroxylation is 1. The topological polar surface area (TPSA) is 12.9 Å². The van der Waals surface area contributed by atoms with Crippen LogP contribution in [0.5, 0.6) is 0 Å². The lowest BCUT2D eigenvalue weighted by Crippen LogP contribution is -2.03. The minimum atomic E-state index is 0.526. The Balaban J connectivity index is 3.41. The van der Waals surface area contributed by atoms with Crippen molar-refractivity contribution in [3.05, 3.63) is 28.1 Å². The molecule has 0 N–H and O–H groups in total. The molecule has 72 valence electrons. The van der Waals surface area contributed by atoms with Gasteiger partial charge in [0.2, 0.25) is 0 Å². The van der Waals surface area contributed by atoms with Crippen molar-refractivity contribution in [2.75, 3.05) is 0 Å². The van der Waals surface area contributed by atoms with Crippen LogP contribution in [0, 0.1) is 27.7 Å². The molecule has 0 aromatic carbocycles. The van der Waals surface area contributed by atoms with Crippen LogP contribution in [0.3, 0.4) is 0 Å². The van der Waals surface area contributed by atoms with Crippen molar-refractivity contribution in [1.82, 2.24) is 4.98 Å². The fraction of sp³-hybridized carbons (Fsp3) is 0.583. The number of pyridine rings is 1. The fourth-order valence-corrected chi connectivity index (χ4v) is 1.66. The van der Waals surface area contributed by atoms with Crippen molar-refractivity contribution in [1.29, 1.82) is 0 Å². The molecule has 1 aromatic heterocycles. The van der Waals surface area contributed by atoms with Crippen molar-refractivity contribution >= 4 is 0 Å². The fourth-order valence-electron chi connectivity index (χ4n) is 1.66. The average molecular weight is 177 g/mol. The first-order valence-electron chi connectivity index (χ1n) is 4.89. The Morgan fingerprint density at radius 3 is 1.85 bits per heavy atom. The third kappa shape index (κ3) is 1.74. The summed E-state index contributed by atoms with van der Waals surface area (Å²) in [5.74, 6) is 0.526. The Bertz CT molecular complexity index is 324. The average Bonchev–Trinajstić information content (AvgIpc) is 2.07. The van der Waals surface area contributed by atoms with Crippen LogP contribution in [0.25, 0.3) is 0 Å². The van der Waals surface area contributed by atoms with E-state index in [1.165, 1.54) is 28.1 Å². The van der Waals surface area contributed by atoms with Gasteiger partial charge >= 0.3 is 0 Å². The molecule has 0 spiro atoms. The second-order valence-electron chi connectivity index (χ2n) is 4.11. The lowest BCUT2D eigenvalue weighted by atomic mass is 9.97. The maximum atomic E-state index is 4.63. The number of hydrogen-bond acceptors (Lipinski definition) is 1. The zero-order valence-corrected chi connectivity index (χ0v) is 9.52. The zero-order chi connectivity index (χ0) is 10.2. The van der Waals surface area contributed by atoms with Gasteiger partial charge < -0.3 is 0 Å². The highest BCUT2D eigenvalue weighted by Gasteiger charge is 2.10. The molecule has 0 amide bonds. The summed E-state index contributed by atoms with van der Waals surface area (Å²) in [6.07, 6.45) is 0. The summed E-state index contributed by atoms with van der Waals surface area (Å²) >= 11 is 0. The SMILES string of the molecule is Cc1nc(C(C)C)c(C)c(C)c1C. The van der Waals surface area contributed by atoms with Gasteiger partial charge in [-0.2, -0.15) is 0 Å². The van der Waals surface area contributed by atoms with Crippen LogP contribution in [0.1, 0.15) is 47.8 Å².